The number of rotatable bonds is 9. The van der Waals surface area contributed by atoms with Crippen LogP contribution in [0.2, 0.25) is 0 Å². The number of hydrogen-bond acceptors (Lipinski definition) is 6. The van der Waals surface area contributed by atoms with Gasteiger partial charge in [0.25, 0.3) is 10.1 Å². The zero-order valence-corrected chi connectivity index (χ0v) is 16.3. The largest absolute Gasteiger partial charge is 0.433 e. The Morgan fingerprint density at radius 3 is 2.48 bits per heavy atom. The Hall–Kier alpha value is -1.19. The molecule has 9 heteroatoms. The molecule has 0 aromatic rings. The Kier molecular flexibility index (Phi) is 7.40. The van der Waals surface area contributed by atoms with E-state index in [0.29, 0.717) is 6.42 Å². The highest BCUT2D eigenvalue weighted by atomic mass is 32.2. The van der Waals surface area contributed by atoms with Crippen LogP contribution >= 0.6 is 0 Å². The molecule has 3 unspecified atom stereocenters. The van der Waals surface area contributed by atoms with Crippen molar-refractivity contribution in [1.29, 1.82) is 0 Å². The van der Waals surface area contributed by atoms with Crippen LogP contribution in [0, 0.1) is 11.3 Å². The van der Waals surface area contributed by atoms with Gasteiger partial charge in [-0.05, 0) is 19.3 Å². The second-order valence-electron chi connectivity index (χ2n) is 7.37. The van der Waals surface area contributed by atoms with Gasteiger partial charge < -0.3 is 14.8 Å². The molecule has 0 aromatic heterocycles. The smallest absolute Gasteiger partial charge is 0.338 e. The van der Waals surface area contributed by atoms with Gasteiger partial charge in [-0.15, -0.1) is 0 Å². The topological polar surface area (TPSA) is 119 Å². The molecular weight excluding hydrogens is 350 g/mol. The van der Waals surface area contributed by atoms with E-state index in [1.54, 1.807) is 13.8 Å². The first-order chi connectivity index (χ1) is 11.4. The maximum atomic E-state index is 12.2. The Balaban J connectivity index is 2.83. The van der Waals surface area contributed by atoms with Gasteiger partial charge in [0.1, 0.15) is 0 Å². The minimum absolute atomic E-state index is 0.0401. The first kappa shape index (κ1) is 21.9. The van der Waals surface area contributed by atoms with Crippen LogP contribution in [-0.2, 0) is 29.2 Å². The highest BCUT2D eigenvalue weighted by Gasteiger charge is 2.47. The Morgan fingerprint density at radius 1 is 1.40 bits per heavy atom. The average molecular weight is 379 g/mol. The van der Waals surface area contributed by atoms with Gasteiger partial charge in [-0.3, -0.25) is 9.35 Å². The number of amides is 1. The Labute approximate surface area is 149 Å². The van der Waals surface area contributed by atoms with E-state index >= 15 is 0 Å². The van der Waals surface area contributed by atoms with E-state index in [0.717, 1.165) is 6.42 Å². The number of ether oxygens (including phenoxy) is 2. The second-order valence-corrected chi connectivity index (χ2v) is 8.94. The molecule has 8 nitrogen and oxygen atoms in total. The van der Waals surface area contributed by atoms with E-state index in [1.165, 1.54) is 6.92 Å². The molecule has 1 saturated heterocycles. The molecule has 1 aliphatic heterocycles. The summed E-state index contributed by atoms with van der Waals surface area (Å²) >= 11 is 0. The summed E-state index contributed by atoms with van der Waals surface area (Å²) in [6, 6.07) is -0.520. The minimum Gasteiger partial charge on any atom is -0.433 e. The van der Waals surface area contributed by atoms with Gasteiger partial charge in [0.2, 0.25) is 12.2 Å². The van der Waals surface area contributed by atoms with Crippen molar-refractivity contribution in [2.45, 2.75) is 72.3 Å². The summed E-state index contributed by atoms with van der Waals surface area (Å²) in [7, 11) is -4.14. The van der Waals surface area contributed by atoms with Crippen molar-refractivity contribution in [3.8, 4) is 0 Å². The van der Waals surface area contributed by atoms with Crippen molar-refractivity contribution < 1.29 is 32.0 Å². The lowest BCUT2D eigenvalue weighted by atomic mass is 9.79. The quantitative estimate of drug-likeness (QED) is 0.460. The van der Waals surface area contributed by atoms with Gasteiger partial charge in [0.15, 0.2) is 6.10 Å². The van der Waals surface area contributed by atoms with Crippen LogP contribution < -0.4 is 5.32 Å². The number of esters is 1. The molecule has 0 aromatic carbocycles. The fourth-order valence-corrected chi connectivity index (χ4v) is 3.47. The van der Waals surface area contributed by atoms with Crippen molar-refractivity contribution in [1.82, 2.24) is 5.32 Å². The molecule has 1 heterocycles. The first-order valence-electron chi connectivity index (χ1n) is 8.44. The van der Waals surface area contributed by atoms with Crippen LogP contribution in [0.4, 0.5) is 0 Å². The van der Waals surface area contributed by atoms with E-state index in [2.05, 4.69) is 5.32 Å². The van der Waals surface area contributed by atoms with Gasteiger partial charge in [0.05, 0.1) is 5.75 Å². The summed E-state index contributed by atoms with van der Waals surface area (Å²) in [6.07, 6.45) is -0.256. The van der Waals surface area contributed by atoms with Crippen molar-refractivity contribution in [3.63, 3.8) is 0 Å². The van der Waals surface area contributed by atoms with Crippen molar-refractivity contribution in [3.05, 3.63) is 0 Å². The third-order valence-corrected chi connectivity index (χ3v) is 5.19. The molecule has 0 aliphatic carbocycles. The number of cyclic esters (lactones) is 1. The van der Waals surface area contributed by atoms with Crippen LogP contribution in [0.25, 0.3) is 0 Å². The van der Waals surface area contributed by atoms with Gasteiger partial charge in [0, 0.05) is 24.3 Å². The number of carbonyl (C=O) groups is 2. The molecule has 1 fully saturated rings. The van der Waals surface area contributed by atoms with E-state index < -0.39 is 45.7 Å². The van der Waals surface area contributed by atoms with E-state index in [9.17, 15) is 18.0 Å². The normalized spacial score (nSPS) is 23.8. The zero-order valence-electron chi connectivity index (χ0n) is 15.4. The second kappa shape index (κ2) is 8.46. The lowest BCUT2D eigenvalue weighted by molar-refractivity contribution is -0.147. The molecule has 0 saturated carbocycles. The van der Waals surface area contributed by atoms with E-state index in [-0.39, 0.29) is 18.2 Å². The molecular formula is C16H29NO7S. The van der Waals surface area contributed by atoms with Crippen molar-refractivity contribution >= 4 is 22.0 Å². The predicted octanol–water partition coefficient (Wildman–Crippen LogP) is 1.50. The summed E-state index contributed by atoms with van der Waals surface area (Å²) < 4.78 is 42.0. The first-order valence-corrected chi connectivity index (χ1v) is 10.0. The average Bonchev–Trinajstić information content (AvgIpc) is 2.85. The van der Waals surface area contributed by atoms with Crippen LogP contribution in [0.5, 0.6) is 0 Å². The summed E-state index contributed by atoms with van der Waals surface area (Å²) in [5.41, 5.74) is -0.689. The Bertz CT molecular complexity index is 587. The summed E-state index contributed by atoms with van der Waals surface area (Å²) in [4.78, 5) is 23.6. The molecule has 0 spiro atoms. The van der Waals surface area contributed by atoms with Crippen LogP contribution in [0.1, 0.15) is 53.9 Å². The maximum absolute atomic E-state index is 12.2. The highest BCUT2D eigenvalue weighted by molar-refractivity contribution is 7.85. The number of hydrogen-bond donors (Lipinski definition) is 2. The monoisotopic (exact) mass is 379 g/mol. The molecule has 0 radical (unpaired) electrons. The standard InChI is InChI=1S/C16H29NO7S/c1-6-10(2)15-23-13(14(19)24-15)16(4,5)9-12(17-11(3)18)7-8-25(20,21)22/h10,12-13,15H,6-9H2,1-5H3,(H,17,18)(H,20,21,22)/t10?,12?,13-,15?/m0/s1. The molecule has 25 heavy (non-hydrogen) atoms. The lowest BCUT2D eigenvalue weighted by Crippen LogP contribution is -2.43. The van der Waals surface area contributed by atoms with Gasteiger partial charge in [-0.1, -0.05) is 27.7 Å². The molecule has 1 rings (SSSR count). The fourth-order valence-electron chi connectivity index (χ4n) is 2.89. The van der Waals surface area contributed by atoms with Gasteiger partial charge >= 0.3 is 5.97 Å². The molecule has 1 amide bonds. The molecule has 4 atom stereocenters. The maximum Gasteiger partial charge on any atom is 0.338 e. The zero-order chi connectivity index (χ0) is 19.4. The molecule has 2 N–H and O–H groups in total. The summed E-state index contributed by atoms with van der Waals surface area (Å²) in [5.74, 6) is -1.18. The third-order valence-electron chi connectivity index (χ3n) is 4.44. The summed E-state index contributed by atoms with van der Waals surface area (Å²) in [5, 5.41) is 2.67. The van der Waals surface area contributed by atoms with E-state index in [4.69, 9.17) is 14.0 Å². The van der Waals surface area contributed by atoms with Crippen LogP contribution in [0.15, 0.2) is 0 Å². The fraction of sp³-hybridized carbons (Fsp3) is 0.875. The van der Waals surface area contributed by atoms with Crippen molar-refractivity contribution in [2.24, 2.45) is 11.3 Å². The third kappa shape index (κ3) is 6.91. The number of carbonyl (C=O) groups excluding carboxylic acids is 2. The van der Waals surface area contributed by atoms with Crippen LogP contribution in [-0.4, -0.2) is 49.0 Å². The molecule has 146 valence electrons. The van der Waals surface area contributed by atoms with Crippen LogP contribution in [0.3, 0.4) is 0 Å². The molecule has 0 bridgehead atoms. The van der Waals surface area contributed by atoms with Crippen molar-refractivity contribution in [2.75, 3.05) is 5.75 Å². The number of nitrogens with one attached hydrogen (secondary N) is 1. The van der Waals surface area contributed by atoms with Gasteiger partial charge in [-0.2, -0.15) is 8.42 Å². The lowest BCUT2D eigenvalue weighted by Gasteiger charge is -2.32. The Morgan fingerprint density at radius 2 is 2.00 bits per heavy atom. The minimum atomic E-state index is -4.14. The molecule has 1 aliphatic rings. The van der Waals surface area contributed by atoms with E-state index in [1.807, 2.05) is 13.8 Å². The SMILES string of the molecule is CCC(C)C1OC(=O)[C@@H](C(C)(C)CC(CCS(=O)(=O)O)NC(C)=O)O1. The summed E-state index contributed by atoms with van der Waals surface area (Å²) in [6.45, 7) is 8.84. The highest BCUT2D eigenvalue weighted by Crippen LogP contribution is 2.37. The predicted molar refractivity (Wildman–Crippen MR) is 91.2 cm³/mol. The van der Waals surface area contributed by atoms with Gasteiger partial charge in [-0.25, -0.2) is 4.79 Å².